The average molecular weight is 233 g/mol. The molecule has 1 aliphatic carbocycles. The van der Waals surface area contributed by atoms with Crippen LogP contribution in [0.15, 0.2) is 24.3 Å². The molecule has 1 N–H and O–H groups in total. The SMILES string of the molecule is CCCOc1ccccc1C(CC1CC1)NC. The third-order valence-corrected chi connectivity index (χ3v) is 3.37. The van der Waals surface area contributed by atoms with Crippen LogP contribution in [0, 0.1) is 5.92 Å². The Morgan fingerprint density at radius 1 is 1.35 bits per heavy atom. The lowest BCUT2D eigenvalue weighted by Gasteiger charge is -2.20. The summed E-state index contributed by atoms with van der Waals surface area (Å²) in [5, 5.41) is 3.43. The lowest BCUT2D eigenvalue weighted by molar-refractivity contribution is 0.309. The van der Waals surface area contributed by atoms with Crippen LogP contribution >= 0.6 is 0 Å². The van der Waals surface area contributed by atoms with E-state index in [1.165, 1.54) is 24.8 Å². The van der Waals surface area contributed by atoms with Gasteiger partial charge < -0.3 is 10.1 Å². The van der Waals surface area contributed by atoms with Crippen molar-refractivity contribution in [3.8, 4) is 5.75 Å². The van der Waals surface area contributed by atoms with Gasteiger partial charge in [0, 0.05) is 11.6 Å². The molecule has 1 aromatic carbocycles. The molecule has 2 rings (SSSR count). The van der Waals surface area contributed by atoms with Crippen molar-refractivity contribution in [1.82, 2.24) is 5.32 Å². The van der Waals surface area contributed by atoms with Crippen LogP contribution in [0.3, 0.4) is 0 Å². The van der Waals surface area contributed by atoms with Crippen molar-refractivity contribution in [3.05, 3.63) is 29.8 Å². The minimum atomic E-state index is 0.440. The van der Waals surface area contributed by atoms with Gasteiger partial charge in [0.25, 0.3) is 0 Å². The molecule has 1 aromatic rings. The van der Waals surface area contributed by atoms with Gasteiger partial charge in [-0.15, -0.1) is 0 Å². The molecule has 2 heteroatoms. The second kappa shape index (κ2) is 6.06. The minimum absolute atomic E-state index is 0.440. The van der Waals surface area contributed by atoms with Crippen LogP contribution in [0.4, 0.5) is 0 Å². The molecule has 1 fully saturated rings. The van der Waals surface area contributed by atoms with Crippen LogP contribution < -0.4 is 10.1 Å². The summed E-state index contributed by atoms with van der Waals surface area (Å²) >= 11 is 0. The average Bonchev–Trinajstić information content (AvgIpc) is 3.18. The molecular formula is C15H23NO. The normalized spacial score (nSPS) is 16.8. The first-order chi connectivity index (χ1) is 8.35. The molecule has 17 heavy (non-hydrogen) atoms. The summed E-state index contributed by atoms with van der Waals surface area (Å²) in [6.45, 7) is 2.94. The Morgan fingerprint density at radius 2 is 2.12 bits per heavy atom. The van der Waals surface area contributed by atoms with Crippen LogP contribution in [-0.4, -0.2) is 13.7 Å². The van der Waals surface area contributed by atoms with Crippen molar-refractivity contribution in [3.63, 3.8) is 0 Å². The van der Waals surface area contributed by atoms with Gasteiger partial charge in [0.05, 0.1) is 6.61 Å². The first-order valence-electron chi connectivity index (χ1n) is 6.74. The zero-order valence-corrected chi connectivity index (χ0v) is 10.9. The first-order valence-corrected chi connectivity index (χ1v) is 6.74. The highest BCUT2D eigenvalue weighted by atomic mass is 16.5. The van der Waals surface area contributed by atoms with E-state index < -0.39 is 0 Å². The zero-order chi connectivity index (χ0) is 12.1. The van der Waals surface area contributed by atoms with Gasteiger partial charge in [0.2, 0.25) is 0 Å². The van der Waals surface area contributed by atoms with Gasteiger partial charge in [0.1, 0.15) is 5.75 Å². The Morgan fingerprint density at radius 3 is 2.76 bits per heavy atom. The van der Waals surface area contributed by atoms with Crippen LogP contribution in [0.25, 0.3) is 0 Å². The second-order valence-corrected chi connectivity index (χ2v) is 4.91. The number of rotatable bonds is 7. The monoisotopic (exact) mass is 233 g/mol. The first kappa shape index (κ1) is 12.4. The molecule has 1 aliphatic rings. The van der Waals surface area contributed by atoms with E-state index in [0.29, 0.717) is 6.04 Å². The van der Waals surface area contributed by atoms with Gasteiger partial charge in [-0.1, -0.05) is 38.0 Å². The summed E-state index contributed by atoms with van der Waals surface area (Å²) in [6.07, 6.45) is 5.09. The van der Waals surface area contributed by atoms with Gasteiger partial charge in [-0.3, -0.25) is 0 Å². The topological polar surface area (TPSA) is 21.3 Å². The van der Waals surface area contributed by atoms with E-state index in [9.17, 15) is 0 Å². The minimum Gasteiger partial charge on any atom is -0.493 e. The van der Waals surface area contributed by atoms with E-state index in [4.69, 9.17) is 4.74 Å². The molecule has 1 unspecified atom stereocenters. The summed E-state index contributed by atoms with van der Waals surface area (Å²) in [6, 6.07) is 8.87. The molecule has 0 bridgehead atoms. The summed E-state index contributed by atoms with van der Waals surface area (Å²) in [7, 11) is 2.05. The van der Waals surface area contributed by atoms with Crippen molar-refractivity contribution in [1.29, 1.82) is 0 Å². The molecular weight excluding hydrogens is 210 g/mol. The Balaban J connectivity index is 2.09. The molecule has 1 saturated carbocycles. The fourth-order valence-electron chi connectivity index (χ4n) is 2.20. The van der Waals surface area contributed by atoms with Crippen molar-refractivity contribution in [2.45, 2.75) is 38.6 Å². The smallest absolute Gasteiger partial charge is 0.124 e. The number of ether oxygens (including phenoxy) is 1. The molecule has 0 aromatic heterocycles. The predicted molar refractivity (Wildman–Crippen MR) is 71.4 cm³/mol. The van der Waals surface area contributed by atoms with Crippen molar-refractivity contribution >= 4 is 0 Å². The highest BCUT2D eigenvalue weighted by Gasteiger charge is 2.26. The Labute approximate surface area is 104 Å². The van der Waals surface area contributed by atoms with Crippen LogP contribution in [0.5, 0.6) is 5.75 Å². The quantitative estimate of drug-likeness (QED) is 0.778. The number of nitrogens with one attached hydrogen (secondary N) is 1. The number of hydrogen-bond acceptors (Lipinski definition) is 2. The van der Waals surface area contributed by atoms with E-state index >= 15 is 0 Å². The molecule has 0 spiro atoms. The molecule has 1 atom stereocenters. The molecule has 0 aliphatic heterocycles. The predicted octanol–water partition coefficient (Wildman–Crippen LogP) is 3.54. The van der Waals surface area contributed by atoms with E-state index in [0.717, 1.165) is 24.7 Å². The maximum Gasteiger partial charge on any atom is 0.124 e. The number of para-hydroxylation sites is 1. The lowest BCUT2D eigenvalue weighted by atomic mass is 10.0. The second-order valence-electron chi connectivity index (χ2n) is 4.91. The molecule has 0 heterocycles. The highest BCUT2D eigenvalue weighted by Crippen LogP contribution is 2.39. The lowest BCUT2D eigenvalue weighted by Crippen LogP contribution is -2.18. The third-order valence-electron chi connectivity index (χ3n) is 3.37. The van der Waals surface area contributed by atoms with Crippen LogP contribution in [0.2, 0.25) is 0 Å². The van der Waals surface area contributed by atoms with E-state index in [-0.39, 0.29) is 0 Å². The third kappa shape index (κ3) is 3.47. The zero-order valence-electron chi connectivity index (χ0n) is 10.9. The fourth-order valence-corrected chi connectivity index (χ4v) is 2.20. The van der Waals surface area contributed by atoms with Gasteiger partial charge >= 0.3 is 0 Å². The van der Waals surface area contributed by atoms with Crippen molar-refractivity contribution < 1.29 is 4.74 Å². The van der Waals surface area contributed by atoms with Crippen LogP contribution in [0.1, 0.15) is 44.2 Å². The Kier molecular flexibility index (Phi) is 4.43. The van der Waals surface area contributed by atoms with Crippen molar-refractivity contribution in [2.75, 3.05) is 13.7 Å². The molecule has 0 saturated heterocycles. The number of hydrogen-bond donors (Lipinski definition) is 1. The number of benzene rings is 1. The molecule has 0 radical (unpaired) electrons. The van der Waals surface area contributed by atoms with E-state index in [2.05, 4.69) is 36.5 Å². The summed E-state index contributed by atoms with van der Waals surface area (Å²) < 4.78 is 5.83. The highest BCUT2D eigenvalue weighted by molar-refractivity contribution is 5.36. The Hall–Kier alpha value is -1.02. The van der Waals surface area contributed by atoms with Gasteiger partial charge in [-0.2, -0.15) is 0 Å². The fraction of sp³-hybridized carbons (Fsp3) is 0.600. The Bertz CT molecular complexity index is 347. The molecule has 2 nitrogen and oxygen atoms in total. The van der Waals surface area contributed by atoms with Gasteiger partial charge in [-0.25, -0.2) is 0 Å². The summed E-state index contributed by atoms with van der Waals surface area (Å²) in [4.78, 5) is 0. The maximum atomic E-state index is 5.83. The van der Waals surface area contributed by atoms with Crippen molar-refractivity contribution in [2.24, 2.45) is 5.92 Å². The maximum absolute atomic E-state index is 5.83. The molecule has 94 valence electrons. The summed E-state index contributed by atoms with van der Waals surface area (Å²) in [5.74, 6) is 1.97. The molecule has 0 amide bonds. The van der Waals surface area contributed by atoms with Gasteiger partial charge in [0.15, 0.2) is 0 Å². The van der Waals surface area contributed by atoms with Crippen LogP contribution in [-0.2, 0) is 0 Å². The summed E-state index contributed by atoms with van der Waals surface area (Å²) in [5.41, 5.74) is 1.32. The largest absolute Gasteiger partial charge is 0.493 e. The van der Waals surface area contributed by atoms with Gasteiger partial charge in [-0.05, 0) is 31.9 Å². The van der Waals surface area contributed by atoms with E-state index in [1.54, 1.807) is 0 Å². The standard InChI is InChI=1S/C15H23NO/c1-3-10-17-15-7-5-4-6-13(15)14(16-2)11-12-8-9-12/h4-7,12,14,16H,3,8-11H2,1-2H3. The van der Waals surface area contributed by atoms with E-state index in [1.807, 2.05) is 7.05 Å².